The Morgan fingerprint density at radius 1 is 1.16 bits per heavy atom. The van der Waals surface area contributed by atoms with Gasteiger partial charge in [0.05, 0.1) is 0 Å². The Labute approximate surface area is 115 Å². The van der Waals surface area contributed by atoms with Crippen molar-refractivity contribution in [2.75, 3.05) is 18.0 Å². The highest BCUT2D eigenvalue weighted by atomic mass is 19.1. The maximum absolute atomic E-state index is 13.7. The molecule has 0 bridgehead atoms. The van der Waals surface area contributed by atoms with Crippen LogP contribution >= 0.6 is 0 Å². The maximum atomic E-state index is 13.7. The topological polar surface area (TPSA) is 15.3 Å². The fraction of sp³-hybridized carbons (Fsp3) is 0.625. The van der Waals surface area contributed by atoms with Crippen LogP contribution in [0.4, 0.5) is 10.1 Å². The van der Waals surface area contributed by atoms with Crippen LogP contribution < -0.4 is 10.2 Å². The summed E-state index contributed by atoms with van der Waals surface area (Å²) in [5.41, 5.74) is 2.13. The third kappa shape index (κ3) is 3.47. The first kappa shape index (κ1) is 12.9. The molecule has 19 heavy (non-hydrogen) atoms. The molecule has 0 aromatic heterocycles. The minimum atomic E-state index is -0.108. The molecule has 0 radical (unpaired) electrons. The Hall–Kier alpha value is -1.09. The van der Waals surface area contributed by atoms with Crippen molar-refractivity contribution >= 4 is 5.69 Å². The molecule has 0 amide bonds. The molecule has 0 spiro atoms. The van der Waals surface area contributed by atoms with Gasteiger partial charge < -0.3 is 10.2 Å². The molecule has 3 heteroatoms. The van der Waals surface area contributed by atoms with Gasteiger partial charge in [0.25, 0.3) is 0 Å². The van der Waals surface area contributed by atoms with E-state index in [0.29, 0.717) is 6.04 Å². The Bertz CT molecular complexity index is 434. The number of piperidine rings is 1. The van der Waals surface area contributed by atoms with E-state index in [-0.39, 0.29) is 5.82 Å². The molecule has 104 valence electrons. The van der Waals surface area contributed by atoms with Crippen LogP contribution in [-0.4, -0.2) is 19.1 Å². The summed E-state index contributed by atoms with van der Waals surface area (Å²) in [6.07, 6.45) is 4.97. The van der Waals surface area contributed by atoms with Crippen LogP contribution in [0.5, 0.6) is 0 Å². The van der Waals surface area contributed by atoms with Gasteiger partial charge in [-0.15, -0.1) is 0 Å². The summed E-state index contributed by atoms with van der Waals surface area (Å²) in [5.74, 6) is 0.699. The predicted octanol–water partition coefficient (Wildman–Crippen LogP) is 3.31. The summed E-state index contributed by atoms with van der Waals surface area (Å²) in [6.45, 7) is 5.20. The Kier molecular flexibility index (Phi) is 3.74. The van der Waals surface area contributed by atoms with E-state index in [1.165, 1.54) is 25.7 Å². The molecular formula is C16H23FN2. The van der Waals surface area contributed by atoms with Gasteiger partial charge in [0.15, 0.2) is 0 Å². The number of nitrogens with one attached hydrogen (secondary N) is 1. The number of halogens is 1. The van der Waals surface area contributed by atoms with Gasteiger partial charge in [-0.25, -0.2) is 4.39 Å². The second-order valence-corrected chi connectivity index (χ2v) is 6.14. The SMILES string of the molecule is CC1CCN(c2cc(F)cc(CNC3CC3)c2)CC1. The smallest absolute Gasteiger partial charge is 0.125 e. The Balaban J connectivity index is 1.69. The number of hydrogen-bond donors (Lipinski definition) is 1. The van der Waals surface area contributed by atoms with Crippen molar-refractivity contribution in [1.82, 2.24) is 5.32 Å². The minimum Gasteiger partial charge on any atom is -0.371 e. The van der Waals surface area contributed by atoms with Crippen molar-refractivity contribution < 1.29 is 4.39 Å². The highest BCUT2D eigenvalue weighted by molar-refractivity contribution is 5.49. The molecule has 1 saturated carbocycles. The van der Waals surface area contributed by atoms with Crippen LogP contribution in [0, 0.1) is 11.7 Å². The van der Waals surface area contributed by atoms with E-state index < -0.39 is 0 Å². The quantitative estimate of drug-likeness (QED) is 0.895. The van der Waals surface area contributed by atoms with E-state index >= 15 is 0 Å². The van der Waals surface area contributed by atoms with Crippen LogP contribution in [-0.2, 0) is 6.54 Å². The van der Waals surface area contributed by atoms with E-state index in [1.807, 2.05) is 0 Å². The lowest BCUT2D eigenvalue weighted by molar-refractivity contribution is 0.438. The van der Waals surface area contributed by atoms with Crippen LogP contribution in [0.1, 0.15) is 38.2 Å². The summed E-state index contributed by atoms with van der Waals surface area (Å²) in [4.78, 5) is 2.32. The van der Waals surface area contributed by atoms with Gasteiger partial charge >= 0.3 is 0 Å². The van der Waals surface area contributed by atoms with Gasteiger partial charge in [0, 0.05) is 31.4 Å². The summed E-state index contributed by atoms with van der Waals surface area (Å²) in [6, 6.07) is 6.15. The molecule has 1 saturated heterocycles. The number of anilines is 1. The van der Waals surface area contributed by atoms with Crippen LogP contribution in [0.25, 0.3) is 0 Å². The van der Waals surface area contributed by atoms with E-state index in [4.69, 9.17) is 0 Å². The number of benzene rings is 1. The maximum Gasteiger partial charge on any atom is 0.125 e. The number of rotatable bonds is 4. The highest BCUT2D eigenvalue weighted by Gasteiger charge is 2.21. The van der Waals surface area contributed by atoms with Crippen LogP contribution in [0.2, 0.25) is 0 Å². The molecule has 1 aromatic rings. The highest BCUT2D eigenvalue weighted by Crippen LogP contribution is 2.25. The zero-order valence-corrected chi connectivity index (χ0v) is 11.7. The van der Waals surface area contributed by atoms with Crippen molar-refractivity contribution in [1.29, 1.82) is 0 Å². The number of hydrogen-bond acceptors (Lipinski definition) is 2. The standard InChI is InChI=1S/C16H23FN2/c1-12-4-6-19(7-5-12)16-9-13(8-14(17)10-16)11-18-15-2-3-15/h8-10,12,15,18H,2-7,11H2,1H3. The van der Waals surface area contributed by atoms with E-state index in [1.54, 1.807) is 12.1 Å². The van der Waals surface area contributed by atoms with Crippen molar-refractivity contribution in [3.8, 4) is 0 Å². The summed E-state index contributed by atoms with van der Waals surface area (Å²) < 4.78 is 13.7. The van der Waals surface area contributed by atoms with Gasteiger partial charge in [-0.2, -0.15) is 0 Å². The van der Waals surface area contributed by atoms with E-state index in [9.17, 15) is 4.39 Å². The van der Waals surface area contributed by atoms with E-state index in [2.05, 4.69) is 23.2 Å². The Morgan fingerprint density at radius 3 is 2.58 bits per heavy atom. The second-order valence-electron chi connectivity index (χ2n) is 6.14. The fourth-order valence-electron chi connectivity index (χ4n) is 2.73. The predicted molar refractivity (Wildman–Crippen MR) is 76.9 cm³/mol. The van der Waals surface area contributed by atoms with Crippen molar-refractivity contribution in [2.24, 2.45) is 5.92 Å². The van der Waals surface area contributed by atoms with E-state index in [0.717, 1.165) is 36.8 Å². The minimum absolute atomic E-state index is 0.108. The first-order valence-corrected chi connectivity index (χ1v) is 7.48. The van der Waals surface area contributed by atoms with Gasteiger partial charge in [0.1, 0.15) is 5.82 Å². The average Bonchev–Trinajstić information content (AvgIpc) is 3.20. The van der Waals surface area contributed by atoms with Gasteiger partial charge in [0.2, 0.25) is 0 Å². The molecule has 1 heterocycles. The molecule has 1 aliphatic heterocycles. The monoisotopic (exact) mass is 262 g/mol. The molecule has 0 unspecified atom stereocenters. The normalized spacial score (nSPS) is 20.8. The lowest BCUT2D eigenvalue weighted by Gasteiger charge is -2.32. The number of nitrogens with zero attached hydrogens (tertiary/aromatic N) is 1. The molecule has 2 fully saturated rings. The lowest BCUT2D eigenvalue weighted by atomic mass is 9.98. The molecular weight excluding hydrogens is 239 g/mol. The third-order valence-corrected chi connectivity index (χ3v) is 4.26. The van der Waals surface area contributed by atoms with Crippen LogP contribution in [0.15, 0.2) is 18.2 Å². The first-order chi connectivity index (χ1) is 9.20. The Morgan fingerprint density at radius 2 is 1.89 bits per heavy atom. The molecule has 1 aromatic carbocycles. The first-order valence-electron chi connectivity index (χ1n) is 7.48. The average molecular weight is 262 g/mol. The molecule has 2 aliphatic rings. The van der Waals surface area contributed by atoms with Gasteiger partial charge in [-0.1, -0.05) is 6.92 Å². The molecule has 1 aliphatic carbocycles. The fourth-order valence-corrected chi connectivity index (χ4v) is 2.73. The summed E-state index contributed by atoms with van der Waals surface area (Å²) in [5, 5.41) is 3.45. The zero-order valence-electron chi connectivity index (χ0n) is 11.7. The summed E-state index contributed by atoms with van der Waals surface area (Å²) in [7, 11) is 0. The van der Waals surface area contributed by atoms with Crippen molar-refractivity contribution in [2.45, 2.75) is 45.2 Å². The third-order valence-electron chi connectivity index (χ3n) is 4.26. The second kappa shape index (κ2) is 5.49. The lowest BCUT2D eigenvalue weighted by Crippen LogP contribution is -2.32. The van der Waals surface area contributed by atoms with Crippen molar-refractivity contribution in [3.05, 3.63) is 29.6 Å². The molecule has 1 N–H and O–H groups in total. The van der Waals surface area contributed by atoms with Crippen LogP contribution in [0.3, 0.4) is 0 Å². The van der Waals surface area contributed by atoms with Gasteiger partial charge in [-0.3, -0.25) is 0 Å². The molecule has 2 nitrogen and oxygen atoms in total. The van der Waals surface area contributed by atoms with Gasteiger partial charge in [-0.05, 0) is 55.4 Å². The summed E-state index contributed by atoms with van der Waals surface area (Å²) >= 11 is 0. The molecule has 0 atom stereocenters. The largest absolute Gasteiger partial charge is 0.371 e. The molecule has 3 rings (SSSR count). The van der Waals surface area contributed by atoms with Crippen molar-refractivity contribution in [3.63, 3.8) is 0 Å². The zero-order chi connectivity index (χ0) is 13.2.